The number of pyridine rings is 1. The van der Waals surface area contributed by atoms with Crippen LogP contribution in [0.25, 0.3) is 0 Å². The molecule has 1 aromatic heterocycles. The number of amides is 1. The molecule has 1 aromatic carbocycles. The van der Waals surface area contributed by atoms with Crippen LogP contribution in [-0.4, -0.2) is 28.9 Å². The van der Waals surface area contributed by atoms with E-state index in [9.17, 15) is 4.79 Å². The van der Waals surface area contributed by atoms with E-state index in [1.54, 1.807) is 12.4 Å². The lowest BCUT2D eigenvalue weighted by atomic mass is 10.00. The quantitative estimate of drug-likeness (QED) is 0.919. The Labute approximate surface area is 131 Å². The Bertz CT molecular complexity index is 627. The highest BCUT2D eigenvalue weighted by Crippen LogP contribution is 2.18. The summed E-state index contributed by atoms with van der Waals surface area (Å²) in [6.45, 7) is 3.38. The molecule has 22 heavy (non-hydrogen) atoms. The van der Waals surface area contributed by atoms with Gasteiger partial charge in [0, 0.05) is 45.0 Å². The number of aromatic nitrogens is 1. The molecule has 1 aliphatic rings. The molecule has 1 amide bonds. The third-order valence-corrected chi connectivity index (χ3v) is 4.10. The maximum Gasteiger partial charge on any atom is 0.221 e. The van der Waals surface area contributed by atoms with Gasteiger partial charge >= 0.3 is 0 Å². The van der Waals surface area contributed by atoms with Crippen molar-refractivity contribution in [3.05, 3.63) is 65.5 Å². The van der Waals surface area contributed by atoms with Gasteiger partial charge in [0.05, 0.1) is 0 Å². The van der Waals surface area contributed by atoms with E-state index in [0.29, 0.717) is 13.0 Å². The lowest BCUT2D eigenvalue weighted by Gasteiger charge is -2.28. The highest BCUT2D eigenvalue weighted by atomic mass is 16.1. The van der Waals surface area contributed by atoms with Gasteiger partial charge in [0.2, 0.25) is 5.91 Å². The molecule has 1 N–H and O–H groups in total. The van der Waals surface area contributed by atoms with Gasteiger partial charge in [-0.05, 0) is 35.2 Å². The highest BCUT2D eigenvalue weighted by Gasteiger charge is 2.16. The summed E-state index contributed by atoms with van der Waals surface area (Å²) >= 11 is 0. The van der Waals surface area contributed by atoms with Gasteiger partial charge in [-0.2, -0.15) is 0 Å². The molecule has 114 valence electrons. The number of hydrogen-bond acceptors (Lipinski definition) is 3. The van der Waals surface area contributed by atoms with Crippen molar-refractivity contribution in [1.29, 1.82) is 0 Å². The number of carbonyl (C=O) groups is 1. The molecule has 0 unspecified atom stereocenters. The minimum atomic E-state index is 0.107. The van der Waals surface area contributed by atoms with Crippen molar-refractivity contribution in [2.45, 2.75) is 25.9 Å². The molecule has 2 heterocycles. The molecule has 0 radical (unpaired) electrons. The summed E-state index contributed by atoms with van der Waals surface area (Å²) in [4.78, 5) is 18.3. The molecule has 0 fully saturated rings. The summed E-state index contributed by atoms with van der Waals surface area (Å²) in [7, 11) is 0. The van der Waals surface area contributed by atoms with Gasteiger partial charge in [-0.15, -0.1) is 0 Å². The number of carbonyl (C=O) groups excluding carboxylic acids is 1. The molecular weight excluding hydrogens is 274 g/mol. The Morgan fingerprint density at radius 3 is 2.73 bits per heavy atom. The second-order valence-electron chi connectivity index (χ2n) is 5.68. The maximum absolute atomic E-state index is 12.0. The molecule has 0 aliphatic carbocycles. The number of hydrogen-bond donors (Lipinski definition) is 1. The predicted octanol–water partition coefficient (Wildman–Crippen LogP) is 2.15. The van der Waals surface area contributed by atoms with Gasteiger partial charge in [0.25, 0.3) is 0 Å². The van der Waals surface area contributed by atoms with Crippen LogP contribution in [0.15, 0.2) is 48.8 Å². The van der Waals surface area contributed by atoms with Crippen LogP contribution in [0.5, 0.6) is 0 Å². The van der Waals surface area contributed by atoms with Crippen molar-refractivity contribution in [3.63, 3.8) is 0 Å². The summed E-state index contributed by atoms with van der Waals surface area (Å²) in [5, 5.41) is 2.96. The van der Waals surface area contributed by atoms with Crippen LogP contribution >= 0.6 is 0 Å². The van der Waals surface area contributed by atoms with E-state index >= 15 is 0 Å². The summed E-state index contributed by atoms with van der Waals surface area (Å²) in [6, 6.07) is 12.4. The fourth-order valence-electron chi connectivity index (χ4n) is 2.79. The van der Waals surface area contributed by atoms with Gasteiger partial charge in [-0.1, -0.05) is 24.3 Å². The smallest absolute Gasteiger partial charge is 0.221 e. The number of benzene rings is 1. The first kappa shape index (κ1) is 14.7. The normalized spacial score (nSPS) is 14.4. The first-order valence-electron chi connectivity index (χ1n) is 7.76. The van der Waals surface area contributed by atoms with Crippen LogP contribution in [0, 0.1) is 0 Å². The minimum absolute atomic E-state index is 0.107. The summed E-state index contributed by atoms with van der Waals surface area (Å²) in [6.07, 6.45) is 5.11. The van der Waals surface area contributed by atoms with Gasteiger partial charge in [0.15, 0.2) is 0 Å². The average molecular weight is 295 g/mol. The zero-order valence-electron chi connectivity index (χ0n) is 12.7. The van der Waals surface area contributed by atoms with Gasteiger partial charge < -0.3 is 5.32 Å². The largest absolute Gasteiger partial charge is 0.352 e. The Kier molecular flexibility index (Phi) is 4.81. The van der Waals surface area contributed by atoms with Crippen LogP contribution in [0.1, 0.15) is 23.1 Å². The SMILES string of the molecule is O=C(CCN1CCc2ccccc2C1)NCc1ccncc1. The molecule has 0 saturated carbocycles. The molecular formula is C18H21N3O. The van der Waals surface area contributed by atoms with E-state index in [-0.39, 0.29) is 5.91 Å². The fourth-order valence-corrected chi connectivity index (χ4v) is 2.79. The third-order valence-electron chi connectivity index (χ3n) is 4.10. The monoisotopic (exact) mass is 295 g/mol. The molecule has 4 nitrogen and oxygen atoms in total. The van der Waals surface area contributed by atoms with Crippen molar-refractivity contribution in [2.24, 2.45) is 0 Å². The average Bonchev–Trinajstić information content (AvgIpc) is 2.59. The van der Waals surface area contributed by atoms with Crippen LogP contribution in [0.3, 0.4) is 0 Å². The van der Waals surface area contributed by atoms with Gasteiger partial charge in [-0.25, -0.2) is 0 Å². The predicted molar refractivity (Wildman–Crippen MR) is 86.1 cm³/mol. The van der Waals surface area contributed by atoms with E-state index in [2.05, 4.69) is 39.5 Å². The number of rotatable bonds is 5. The van der Waals surface area contributed by atoms with Gasteiger partial charge in [0.1, 0.15) is 0 Å². The van der Waals surface area contributed by atoms with E-state index in [1.807, 2.05) is 12.1 Å². The topological polar surface area (TPSA) is 45.2 Å². The molecule has 3 rings (SSSR count). The van der Waals surface area contributed by atoms with Crippen molar-refractivity contribution in [3.8, 4) is 0 Å². The molecule has 4 heteroatoms. The van der Waals surface area contributed by atoms with E-state index in [0.717, 1.165) is 31.6 Å². The van der Waals surface area contributed by atoms with Crippen molar-refractivity contribution in [1.82, 2.24) is 15.2 Å². The first-order valence-corrected chi connectivity index (χ1v) is 7.76. The molecule has 2 aromatic rings. The van der Waals surface area contributed by atoms with E-state index in [4.69, 9.17) is 0 Å². The molecule has 0 saturated heterocycles. The summed E-state index contributed by atoms with van der Waals surface area (Å²) in [5.41, 5.74) is 3.92. The standard InChI is InChI=1S/C18H21N3O/c22-18(20-13-15-5-9-19-10-6-15)8-12-21-11-7-16-3-1-2-4-17(16)14-21/h1-6,9-10H,7-8,11-14H2,(H,20,22). The van der Waals surface area contributed by atoms with Crippen molar-refractivity contribution >= 4 is 5.91 Å². The Hall–Kier alpha value is -2.20. The van der Waals surface area contributed by atoms with Crippen molar-refractivity contribution < 1.29 is 4.79 Å². The Balaban J connectivity index is 1.42. The zero-order valence-corrected chi connectivity index (χ0v) is 12.7. The number of nitrogens with one attached hydrogen (secondary N) is 1. The Morgan fingerprint density at radius 1 is 1.14 bits per heavy atom. The zero-order chi connectivity index (χ0) is 15.2. The Morgan fingerprint density at radius 2 is 1.91 bits per heavy atom. The lowest BCUT2D eigenvalue weighted by Crippen LogP contribution is -2.34. The van der Waals surface area contributed by atoms with Crippen LogP contribution in [0.4, 0.5) is 0 Å². The number of fused-ring (bicyclic) bond motifs is 1. The van der Waals surface area contributed by atoms with E-state index < -0.39 is 0 Å². The fraction of sp³-hybridized carbons (Fsp3) is 0.333. The maximum atomic E-state index is 12.0. The molecule has 0 bridgehead atoms. The molecule has 0 spiro atoms. The second-order valence-corrected chi connectivity index (χ2v) is 5.68. The lowest BCUT2D eigenvalue weighted by molar-refractivity contribution is -0.121. The van der Waals surface area contributed by atoms with Gasteiger partial charge in [-0.3, -0.25) is 14.7 Å². The second kappa shape index (κ2) is 7.18. The number of nitrogens with zero attached hydrogens (tertiary/aromatic N) is 2. The summed E-state index contributed by atoms with van der Waals surface area (Å²) in [5.74, 6) is 0.107. The molecule has 0 atom stereocenters. The van der Waals surface area contributed by atoms with E-state index in [1.165, 1.54) is 11.1 Å². The van der Waals surface area contributed by atoms with Crippen LogP contribution in [0.2, 0.25) is 0 Å². The highest BCUT2D eigenvalue weighted by molar-refractivity contribution is 5.76. The van der Waals surface area contributed by atoms with Crippen LogP contribution in [-0.2, 0) is 24.3 Å². The summed E-state index contributed by atoms with van der Waals surface area (Å²) < 4.78 is 0. The third kappa shape index (κ3) is 3.92. The molecule has 1 aliphatic heterocycles. The minimum Gasteiger partial charge on any atom is -0.352 e. The first-order chi connectivity index (χ1) is 10.8. The van der Waals surface area contributed by atoms with Crippen LogP contribution < -0.4 is 5.32 Å². The van der Waals surface area contributed by atoms with Crippen molar-refractivity contribution in [2.75, 3.05) is 13.1 Å².